The van der Waals surface area contributed by atoms with Crippen molar-refractivity contribution >= 4 is 6.09 Å². The summed E-state index contributed by atoms with van der Waals surface area (Å²) in [4.78, 5) is 14.4. The summed E-state index contributed by atoms with van der Waals surface area (Å²) in [6.45, 7) is 7.84. The van der Waals surface area contributed by atoms with Crippen molar-refractivity contribution < 1.29 is 19.4 Å². The molecule has 2 fully saturated rings. The van der Waals surface area contributed by atoms with E-state index >= 15 is 0 Å². The van der Waals surface area contributed by atoms with Gasteiger partial charge in [-0.05, 0) is 59.4 Å². The molecule has 2 atom stereocenters. The molecule has 2 unspecified atom stereocenters. The molecule has 0 spiro atoms. The van der Waals surface area contributed by atoms with Gasteiger partial charge >= 0.3 is 6.09 Å². The highest BCUT2D eigenvalue weighted by Gasteiger charge is 2.44. The van der Waals surface area contributed by atoms with Gasteiger partial charge in [-0.15, -0.1) is 0 Å². The Labute approximate surface area is 139 Å². The van der Waals surface area contributed by atoms with Gasteiger partial charge in [0.05, 0.1) is 13.2 Å². The Morgan fingerprint density at radius 3 is 2.43 bits per heavy atom. The van der Waals surface area contributed by atoms with E-state index in [1.807, 2.05) is 25.7 Å². The van der Waals surface area contributed by atoms with Gasteiger partial charge in [0.15, 0.2) is 0 Å². The summed E-state index contributed by atoms with van der Waals surface area (Å²) in [6.07, 6.45) is 4.98. The number of hydrogen-bond acceptors (Lipinski definition) is 5. The number of nitrogens with one attached hydrogen (secondary N) is 1. The standard InChI is InChI=1S/C17H32N2O4/c1-17(2,3)23-16(21)19-14-5-6-15(19)12-13(11-14)18-7-4-9-22-10-8-20/h13-15,18,20H,4-12H2,1-3H3. The SMILES string of the molecule is CC(C)(C)OC(=O)N1C2CCC1CC(NCCCOCCO)C2. The number of carbonyl (C=O) groups excluding carboxylic acids is 1. The highest BCUT2D eigenvalue weighted by Crippen LogP contribution is 2.36. The van der Waals surface area contributed by atoms with E-state index in [1.54, 1.807) is 0 Å². The van der Waals surface area contributed by atoms with Crippen LogP contribution in [0.2, 0.25) is 0 Å². The van der Waals surface area contributed by atoms with Gasteiger partial charge in [-0.3, -0.25) is 0 Å². The molecule has 2 aliphatic rings. The summed E-state index contributed by atoms with van der Waals surface area (Å²) in [6, 6.07) is 1.10. The first-order valence-corrected chi connectivity index (χ1v) is 8.84. The summed E-state index contributed by atoms with van der Waals surface area (Å²) in [5.41, 5.74) is -0.430. The molecule has 0 aromatic rings. The molecule has 1 amide bonds. The maximum absolute atomic E-state index is 12.4. The van der Waals surface area contributed by atoms with Crippen LogP contribution in [0.1, 0.15) is 52.9 Å². The van der Waals surface area contributed by atoms with Crippen molar-refractivity contribution in [1.29, 1.82) is 0 Å². The Kier molecular flexibility index (Phi) is 6.68. The molecule has 0 radical (unpaired) electrons. The van der Waals surface area contributed by atoms with Crippen LogP contribution in [0, 0.1) is 0 Å². The fourth-order valence-electron chi connectivity index (χ4n) is 3.60. The zero-order chi connectivity index (χ0) is 16.9. The lowest BCUT2D eigenvalue weighted by molar-refractivity contribution is 0.00464. The fraction of sp³-hybridized carbons (Fsp3) is 0.941. The van der Waals surface area contributed by atoms with Crippen LogP contribution in [0.25, 0.3) is 0 Å². The van der Waals surface area contributed by atoms with Crippen LogP contribution < -0.4 is 5.32 Å². The molecule has 0 saturated carbocycles. The second kappa shape index (κ2) is 8.31. The van der Waals surface area contributed by atoms with Crippen LogP contribution in [0.5, 0.6) is 0 Å². The highest BCUT2D eigenvalue weighted by molar-refractivity contribution is 5.69. The lowest BCUT2D eigenvalue weighted by Crippen LogP contribution is -2.52. The monoisotopic (exact) mass is 328 g/mol. The zero-order valence-electron chi connectivity index (χ0n) is 14.7. The molecular formula is C17H32N2O4. The summed E-state index contributed by atoms with van der Waals surface area (Å²) in [7, 11) is 0. The fourth-order valence-corrected chi connectivity index (χ4v) is 3.60. The van der Waals surface area contributed by atoms with Crippen molar-refractivity contribution in [1.82, 2.24) is 10.2 Å². The van der Waals surface area contributed by atoms with Crippen LogP contribution in [-0.4, -0.2) is 66.2 Å². The maximum atomic E-state index is 12.4. The van der Waals surface area contributed by atoms with Crippen LogP contribution in [-0.2, 0) is 9.47 Å². The molecule has 2 rings (SSSR count). The summed E-state index contributed by atoms with van der Waals surface area (Å²) in [5, 5.41) is 12.2. The van der Waals surface area contributed by atoms with E-state index in [2.05, 4.69) is 5.32 Å². The molecule has 23 heavy (non-hydrogen) atoms. The Hall–Kier alpha value is -0.850. The van der Waals surface area contributed by atoms with Crippen LogP contribution in [0.4, 0.5) is 4.79 Å². The molecule has 2 bridgehead atoms. The first-order chi connectivity index (χ1) is 10.9. The number of nitrogens with zero attached hydrogens (tertiary/aromatic N) is 1. The van der Waals surface area contributed by atoms with Crippen molar-refractivity contribution in [2.45, 2.75) is 76.6 Å². The minimum Gasteiger partial charge on any atom is -0.444 e. The molecule has 2 heterocycles. The molecule has 2 saturated heterocycles. The van der Waals surface area contributed by atoms with E-state index in [-0.39, 0.29) is 12.7 Å². The van der Waals surface area contributed by atoms with Gasteiger partial charge in [0, 0.05) is 24.7 Å². The number of aliphatic hydroxyl groups excluding tert-OH is 1. The lowest BCUT2D eigenvalue weighted by Gasteiger charge is -2.39. The van der Waals surface area contributed by atoms with Gasteiger partial charge in [0.2, 0.25) is 0 Å². The molecule has 2 N–H and O–H groups in total. The van der Waals surface area contributed by atoms with Crippen molar-refractivity contribution in [3.05, 3.63) is 0 Å². The molecule has 6 nitrogen and oxygen atoms in total. The van der Waals surface area contributed by atoms with E-state index in [1.165, 1.54) is 0 Å². The molecular weight excluding hydrogens is 296 g/mol. The predicted molar refractivity (Wildman–Crippen MR) is 88.4 cm³/mol. The van der Waals surface area contributed by atoms with Crippen molar-refractivity contribution in [3.63, 3.8) is 0 Å². The Morgan fingerprint density at radius 1 is 1.22 bits per heavy atom. The van der Waals surface area contributed by atoms with Gasteiger partial charge in [-0.2, -0.15) is 0 Å². The van der Waals surface area contributed by atoms with Crippen LogP contribution in [0.3, 0.4) is 0 Å². The third kappa shape index (κ3) is 5.62. The van der Waals surface area contributed by atoms with Crippen molar-refractivity contribution in [2.24, 2.45) is 0 Å². The van der Waals surface area contributed by atoms with E-state index in [9.17, 15) is 4.79 Å². The van der Waals surface area contributed by atoms with Gasteiger partial charge in [0.25, 0.3) is 0 Å². The van der Waals surface area contributed by atoms with Gasteiger partial charge in [0.1, 0.15) is 5.60 Å². The van der Waals surface area contributed by atoms with E-state index in [4.69, 9.17) is 14.6 Å². The number of ether oxygens (including phenoxy) is 2. The lowest BCUT2D eigenvalue weighted by atomic mass is 9.97. The Morgan fingerprint density at radius 2 is 1.87 bits per heavy atom. The zero-order valence-corrected chi connectivity index (χ0v) is 14.7. The smallest absolute Gasteiger partial charge is 0.410 e. The summed E-state index contributed by atoms with van der Waals surface area (Å²) < 4.78 is 10.8. The minimum atomic E-state index is -0.430. The van der Waals surface area contributed by atoms with Gasteiger partial charge < -0.3 is 24.8 Å². The van der Waals surface area contributed by atoms with Crippen molar-refractivity contribution in [2.75, 3.05) is 26.4 Å². The molecule has 6 heteroatoms. The number of carbonyl (C=O) groups is 1. The average molecular weight is 328 g/mol. The highest BCUT2D eigenvalue weighted by atomic mass is 16.6. The van der Waals surface area contributed by atoms with E-state index in [0.29, 0.717) is 31.3 Å². The molecule has 0 aliphatic carbocycles. The van der Waals surface area contributed by atoms with Gasteiger partial charge in [-0.1, -0.05) is 0 Å². The molecule has 2 aliphatic heterocycles. The topological polar surface area (TPSA) is 71.0 Å². The average Bonchev–Trinajstić information content (AvgIpc) is 2.72. The molecule has 0 aromatic heterocycles. The molecule has 134 valence electrons. The first kappa shape index (κ1) is 18.5. The molecule has 0 aromatic carbocycles. The van der Waals surface area contributed by atoms with E-state index < -0.39 is 5.60 Å². The number of amides is 1. The van der Waals surface area contributed by atoms with Crippen LogP contribution in [0.15, 0.2) is 0 Å². The van der Waals surface area contributed by atoms with Crippen LogP contribution >= 0.6 is 0 Å². The Balaban J connectivity index is 1.73. The maximum Gasteiger partial charge on any atom is 0.410 e. The third-order valence-electron chi connectivity index (χ3n) is 4.47. The number of fused-ring (bicyclic) bond motifs is 2. The Bertz CT molecular complexity index is 369. The predicted octanol–water partition coefficient (Wildman–Crippen LogP) is 1.91. The number of piperidine rings is 1. The number of rotatable bonds is 7. The minimum absolute atomic E-state index is 0.0832. The summed E-state index contributed by atoms with van der Waals surface area (Å²) in [5.74, 6) is 0. The second-order valence-electron chi connectivity index (χ2n) is 7.58. The first-order valence-electron chi connectivity index (χ1n) is 8.84. The quantitative estimate of drug-likeness (QED) is 0.699. The van der Waals surface area contributed by atoms with Crippen molar-refractivity contribution in [3.8, 4) is 0 Å². The second-order valence-corrected chi connectivity index (χ2v) is 7.58. The number of hydrogen-bond donors (Lipinski definition) is 2. The van der Waals surface area contributed by atoms with E-state index in [0.717, 1.165) is 38.6 Å². The third-order valence-corrected chi connectivity index (χ3v) is 4.47. The summed E-state index contributed by atoms with van der Waals surface area (Å²) >= 11 is 0. The number of aliphatic hydroxyl groups is 1. The largest absolute Gasteiger partial charge is 0.444 e. The normalized spacial score (nSPS) is 27.3. The van der Waals surface area contributed by atoms with Gasteiger partial charge in [-0.25, -0.2) is 4.79 Å².